The van der Waals surface area contributed by atoms with Crippen molar-refractivity contribution in [1.29, 1.82) is 0 Å². The van der Waals surface area contributed by atoms with Crippen molar-refractivity contribution in [2.45, 2.75) is 19.3 Å². The molecule has 0 aliphatic heterocycles. The van der Waals surface area contributed by atoms with Gasteiger partial charge in [0.2, 0.25) is 0 Å². The van der Waals surface area contributed by atoms with Crippen LogP contribution >= 0.6 is 0 Å². The van der Waals surface area contributed by atoms with Gasteiger partial charge >= 0.3 is 0 Å². The summed E-state index contributed by atoms with van der Waals surface area (Å²) in [6.45, 7) is 0. The Kier molecular flexibility index (Phi) is 5.42. The molecule has 0 N–H and O–H groups in total. The second-order valence-electron chi connectivity index (χ2n) is 5.86. The van der Waals surface area contributed by atoms with E-state index >= 15 is 0 Å². The van der Waals surface area contributed by atoms with E-state index in [1.807, 2.05) is 0 Å². The van der Waals surface area contributed by atoms with Crippen LogP contribution in [0.2, 0.25) is 0 Å². The second kappa shape index (κ2) is 8.14. The third-order valence-electron chi connectivity index (χ3n) is 4.02. The molecule has 3 aromatic carbocycles. The molecule has 114 valence electrons. The largest absolute Gasteiger partial charge is 0.0649 e. The van der Waals surface area contributed by atoms with Crippen LogP contribution in [0.5, 0.6) is 0 Å². The second-order valence-corrected chi connectivity index (χ2v) is 5.86. The van der Waals surface area contributed by atoms with Crippen molar-refractivity contribution < 1.29 is 0 Å². The van der Waals surface area contributed by atoms with Gasteiger partial charge in [-0.1, -0.05) is 103 Å². The summed E-state index contributed by atoms with van der Waals surface area (Å²) in [7, 11) is 0. The molecule has 0 aromatic heterocycles. The van der Waals surface area contributed by atoms with Crippen LogP contribution in [0.15, 0.2) is 96.6 Å². The highest BCUT2D eigenvalue weighted by Crippen LogP contribution is 2.18. The van der Waals surface area contributed by atoms with Crippen LogP contribution in [-0.2, 0) is 12.8 Å². The first-order valence-corrected chi connectivity index (χ1v) is 8.22. The SMILES string of the molecule is C(=C(/CCc1ccccc1)Cc1ccccc1)/c1ccccc1. The van der Waals surface area contributed by atoms with Crippen LogP contribution in [0.25, 0.3) is 6.08 Å². The van der Waals surface area contributed by atoms with Gasteiger partial charge in [-0.25, -0.2) is 0 Å². The van der Waals surface area contributed by atoms with Crippen LogP contribution in [0, 0.1) is 0 Å². The van der Waals surface area contributed by atoms with E-state index in [9.17, 15) is 0 Å². The highest BCUT2D eigenvalue weighted by atomic mass is 14.1. The van der Waals surface area contributed by atoms with Crippen molar-refractivity contribution in [3.63, 3.8) is 0 Å². The molecular weight excluding hydrogens is 276 g/mol. The molecule has 0 fully saturated rings. The van der Waals surface area contributed by atoms with E-state index in [0.29, 0.717) is 0 Å². The summed E-state index contributed by atoms with van der Waals surface area (Å²) in [5, 5.41) is 0. The fourth-order valence-electron chi connectivity index (χ4n) is 2.80. The molecule has 0 spiro atoms. The lowest BCUT2D eigenvalue weighted by atomic mass is 9.96. The predicted molar refractivity (Wildman–Crippen MR) is 99.3 cm³/mol. The number of benzene rings is 3. The zero-order valence-electron chi connectivity index (χ0n) is 13.4. The molecule has 0 heteroatoms. The number of hydrogen-bond acceptors (Lipinski definition) is 0. The lowest BCUT2D eigenvalue weighted by molar-refractivity contribution is 0.907. The summed E-state index contributed by atoms with van der Waals surface area (Å²) in [4.78, 5) is 0. The summed E-state index contributed by atoms with van der Waals surface area (Å²) in [5.74, 6) is 0. The first kappa shape index (κ1) is 15.3. The van der Waals surface area contributed by atoms with Crippen molar-refractivity contribution in [2.24, 2.45) is 0 Å². The minimum absolute atomic E-state index is 1.02. The van der Waals surface area contributed by atoms with Crippen molar-refractivity contribution in [3.05, 3.63) is 113 Å². The van der Waals surface area contributed by atoms with Gasteiger partial charge in [0.1, 0.15) is 0 Å². The molecule has 0 nitrogen and oxygen atoms in total. The Hall–Kier alpha value is -2.60. The Balaban J connectivity index is 1.77. The number of allylic oxidation sites excluding steroid dienone is 1. The van der Waals surface area contributed by atoms with Crippen LogP contribution in [0.3, 0.4) is 0 Å². The Morgan fingerprint density at radius 3 is 1.74 bits per heavy atom. The van der Waals surface area contributed by atoms with Crippen molar-refractivity contribution in [3.8, 4) is 0 Å². The third-order valence-corrected chi connectivity index (χ3v) is 4.02. The highest BCUT2D eigenvalue weighted by molar-refractivity contribution is 5.53. The lowest BCUT2D eigenvalue weighted by Gasteiger charge is -2.09. The van der Waals surface area contributed by atoms with E-state index in [4.69, 9.17) is 0 Å². The maximum Gasteiger partial charge on any atom is -0.00637 e. The van der Waals surface area contributed by atoms with Crippen molar-refractivity contribution >= 4 is 6.08 Å². The lowest BCUT2D eigenvalue weighted by Crippen LogP contribution is -1.94. The van der Waals surface area contributed by atoms with Gasteiger partial charge in [0.25, 0.3) is 0 Å². The monoisotopic (exact) mass is 298 g/mol. The van der Waals surface area contributed by atoms with E-state index in [1.165, 1.54) is 22.3 Å². The third kappa shape index (κ3) is 4.96. The summed E-state index contributed by atoms with van der Waals surface area (Å²) >= 11 is 0. The quantitative estimate of drug-likeness (QED) is 0.528. The Morgan fingerprint density at radius 1 is 0.609 bits per heavy atom. The smallest absolute Gasteiger partial charge is 0.00637 e. The molecule has 0 bridgehead atoms. The van der Waals surface area contributed by atoms with Gasteiger partial charge in [-0.3, -0.25) is 0 Å². The summed E-state index contributed by atoms with van der Waals surface area (Å²) in [5.41, 5.74) is 5.54. The minimum Gasteiger partial charge on any atom is -0.0649 e. The molecule has 0 saturated heterocycles. The van der Waals surface area contributed by atoms with Crippen molar-refractivity contribution in [1.82, 2.24) is 0 Å². The molecule has 0 amide bonds. The fraction of sp³-hybridized carbons (Fsp3) is 0.130. The molecule has 0 atom stereocenters. The standard InChI is InChI=1S/C23H22/c1-4-10-20(11-5-1)16-17-23(18-21-12-6-2-7-13-21)19-22-14-8-3-9-15-22/h1-15,18H,16-17,19H2/b23-18+. The van der Waals surface area contributed by atoms with Gasteiger partial charge in [-0.15, -0.1) is 0 Å². The van der Waals surface area contributed by atoms with E-state index in [2.05, 4.69) is 97.1 Å². The molecule has 0 heterocycles. The molecule has 3 rings (SSSR count). The maximum absolute atomic E-state index is 2.34. The first-order chi connectivity index (χ1) is 11.4. The minimum atomic E-state index is 1.02. The van der Waals surface area contributed by atoms with Crippen LogP contribution in [0.1, 0.15) is 23.1 Å². The zero-order chi connectivity index (χ0) is 15.7. The van der Waals surface area contributed by atoms with Gasteiger partial charge in [-0.2, -0.15) is 0 Å². The summed E-state index contributed by atoms with van der Waals surface area (Å²) in [6, 6.07) is 32.1. The molecule has 0 radical (unpaired) electrons. The Morgan fingerprint density at radius 2 is 1.13 bits per heavy atom. The Labute approximate surface area is 139 Å². The van der Waals surface area contributed by atoms with Crippen molar-refractivity contribution in [2.75, 3.05) is 0 Å². The molecule has 0 unspecified atom stereocenters. The highest BCUT2D eigenvalue weighted by Gasteiger charge is 2.02. The topological polar surface area (TPSA) is 0 Å². The molecule has 0 aliphatic rings. The van der Waals surface area contributed by atoms with Gasteiger partial charge < -0.3 is 0 Å². The van der Waals surface area contributed by atoms with Gasteiger partial charge in [0.15, 0.2) is 0 Å². The van der Waals surface area contributed by atoms with Crippen LogP contribution in [-0.4, -0.2) is 0 Å². The van der Waals surface area contributed by atoms with E-state index < -0.39 is 0 Å². The first-order valence-electron chi connectivity index (χ1n) is 8.22. The normalized spacial score (nSPS) is 11.4. The Bertz CT molecular complexity index is 725. The number of rotatable bonds is 6. The summed E-state index contributed by atoms with van der Waals surface area (Å²) < 4.78 is 0. The molecule has 23 heavy (non-hydrogen) atoms. The number of aryl methyl sites for hydroxylation is 1. The molecule has 0 aliphatic carbocycles. The zero-order valence-corrected chi connectivity index (χ0v) is 13.4. The van der Waals surface area contributed by atoms with E-state index in [1.54, 1.807) is 0 Å². The number of hydrogen-bond donors (Lipinski definition) is 0. The van der Waals surface area contributed by atoms with Gasteiger partial charge in [0, 0.05) is 0 Å². The summed E-state index contributed by atoms with van der Waals surface area (Å²) in [6.07, 6.45) is 5.54. The van der Waals surface area contributed by atoms with Crippen LogP contribution in [0.4, 0.5) is 0 Å². The predicted octanol–water partition coefficient (Wildman–Crippen LogP) is 5.95. The average molecular weight is 298 g/mol. The van der Waals surface area contributed by atoms with Crippen LogP contribution < -0.4 is 0 Å². The van der Waals surface area contributed by atoms with Gasteiger partial charge in [-0.05, 0) is 36.0 Å². The van der Waals surface area contributed by atoms with Gasteiger partial charge in [0.05, 0.1) is 0 Å². The molecular formula is C23H22. The molecule has 3 aromatic rings. The van der Waals surface area contributed by atoms with E-state index in [-0.39, 0.29) is 0 Å². The van der Waals surface area contributed by atoms with E-state index in [0.717, 1.165) is 19.3 Å². The fourth-order valence-corrected chi connectivity index (χ4v) is 2.80. The maximum atomic E-state index is 2.34. The molecule has 0 saturated carbocycles. The average Bonchev–Trinajstić information content (AvgIpc) is 2.62.